The molecule has 0 saturated carbocycles. The smallest absolute Gasteiger partial charge is 0.478 e. The lowest BCUT2D eigenvalue weighted by atomic mass is 10.1. The number of carboxylic acid groups (broad SMARTS) is 1. The Balaban J connectivity index is 1.64. The second-order valence-electron chi connectivity index (χ2n) is 7.43. The molecule has 0 aliphatic rings. The first-order valence-electron chi connectivity index (χ1n) is 10.2. The van der Waals surface area contributed by atoms with Gasteiger partial charge in [0.15, 0.2) is 0 Å². The van der Waals surface area contributed by atoms with E-state index in [-0.39, 0.29) is 23.1 Å². The van der Waals surface area contributed by atoms with Gasteiger partial charge in [-0.3, -0.25) is 0 Å². The molecule has 0 aliphatic heterocycles. The van der Waals surface area contributed by atoms with E-state index in [9.17, 15) is 18.0 Å². The summed E-state index contributed by atoms with van der Waals surface area (Å²) >= 11 is 0. The average molecular weight is 468 g/mol. The molecule has 0 saturated heterocycles. The highest BCUT2D eigenvalue weighted by Crippen LogP contribution is 2.36. The van der Waals surface area contributed by atoms with Crippen LogP contribution in [0.5, 0.6) is 17.2 Å². The molecular weight excluding hydrogens is 449 g/mol. The number of carbonyl (C=O) groups is 1. The molecule has 6 nitrogen and oxygen atoms in total. The van der Waals surface area contributed by atoms with Crippen molar-refractivity contribution in [2.75, 3.05) is 5.32 Å². The Bertz CT molecular complexity index is 1320. The Morgan fingerprint density at radius 2 is 1.71 bits per heavy atom. The molecular formula is C25H19F3N2O4. The number of pyridine rings is 1. The maximum atomic E-state index is 12.6. The zero-order valence-corrected chi connectivity index (χ0v) is 17.8. The molecule has 0 spiro atoms. The SMILES string of the molecule is C[C@H](Nc1nccc2cccc(Oc3cccc(OC(F)(F)F)c3)c12)c1ccc(C(=O)O)cc1. The predicted octanol–water partition coefficient (Wildman–Crippen LogP) is 6.80. The number of ether oxygens (including phenoxy) is 2. The maximum absolute atomic E-state index is 12.6. The van der Waals surface area contributed by atoms with Crippen LogP contribution in [0.3, 0.4) is 0 Å². The molecule has 3 aromatic carbocycles. The fourth-order valence-electron chi connectivity index (χ4n) is 3.46. The van der Waals surface area contributed by atoms with Crippen LogP contribution in [-0.4, -0.2) is 22.4 Å². The van der Waals surface area contributed by atoms with Gasteiger partial charge >= 0.3 is 12.3 Å². The predicted molar refractivity (Wildman–Crippen MR) is 120 cm³/mol. The summed E-state index contributed by atoms with van der Waals surface area (Å²) < 4.78 is 47.6. The van der Waals surface area contributed by atoms with Gasteiger partial charge in [-0.2, -0.15) is 0 Å². The molecule has 4 rings (SSSR count). The number of halogens is 3. The van der Waals surface area contributed by atoms with Crippen LogP contribution in [0.1, 0.15) is 28.9 Å². The fourth-order valence-corrected chi connectivity index (χ4v) is 3.46. The van der Waals surface area contributed by atoms with Crippen LogP contribution < -0.4 is 14.8 Å². The van der Waals surface area contributed by atoms with Crippen LogP contribution in [0, 0.1) is 0 Å². The van der Waals surface area contributed by atoms with Gasteiger partial charge in [0.2, 0.25) is 0 Å². The molecule has 9 heteroatoms. The zero-order chi connectivity index (χ0) is 24.3. The number of anilines is 1. The summed E-state index contributed by atoms with van der Waals surface area (Å²) in [7, 11) is 0. The molecule has 1 heterocycles. The van der Waals surface area contributed by atoms with Gasteiger partial charge < -0.3 is 19.9 Å². The van der Waals surface area contributed by atoms with Crippen molar-refractivity contribution in [3.05, 3.63) is 90.1 Å². The number of aromatic carboxylic acids is 1. The average Bonchev–Trinajstić information content (AvgIpc) is 2.78. The summed E-state index contributed by atoms with van der Waals surface area (Å²) in [6, 6.07) is 18.7. The number of nitrogens with one attached hydrogen (secondary N) is 1. The van der Waals surface area contributed by atoms with E-state index < -0.39 is 12.3 Å². The number of aromatic nitrogens is 1. The van der Waals surface area contributed by atoms with E-state index >= 15 is 0 Å². The normalized spacial score (nSPS) is 12.2. The summed E-state index contributed by atoms with van der Waals surface area (Å²) in [6.45, 7) is 1.90. The molecule has 0 bridgehead atoms. The summed E-state index contributed by atoms with van der Waals surface area (Å²) in [4.78, 5) is 15.5. The Morgan fingerprint density at radius 3 is 2.41 bits per heavy atom. The highest BCUT2D eigenvalue weighted by molar-refractivity contribution is 5.97. The summed E-state index contributed by atoms with van der Waals surface area (Å²) in [5.74, 6) is -0.327. The van der Waals surface area contributed by atoms with Crippen molar-refractivity contribution < 1.29 is 32.5 Å². The highest BCUT2D eigenvalue weighted by Gasteiger charge is 2.31. The van der Waals surface area contributed by atoms with Crippen LogP contribution in [-0.2, 0) is 0 Å². The van der Waals surface area contributed by atoms with Crippen LogP contribution >= 0.6 is 0 Å². The fraction of sp³-hybridized carbons (Fsp3) is 0.120. The van der Waals surface area contributed by atoms with Gasteiger partial charge in [0.25, 0.3) is 0 Å². The van der Waals surface area contributed by atoms with Crippen LogP contribution in [0.25, 0.3) is 10.8 Å². The number of hydrogen-bond donors (Lipinski definition) is 2. The van der Waals surface area contributed by atoms with E-state index in [4.69, 9.17) is 9.84 Å². The van der Waals surface area contributed by atoms with E-state index in [2.05, 4.69) is 15.0 Å². The molecule has 1 atom stereocenters. The first-order chi connectivity index (χ1) is 16.2. The van der Waals surface area contributed by atoms with E-state index in [1.165, 1.54) is 30.3 Å². The summed E-state index contributed by atoms with van der Waals surface area (Å²) in [5.41, 5.74) is 1.03. The Hall–Kier alpha value is -4.27. The second kappa shape index (κ2) is 9.30. The number of nitrogens with zero attached hydrogens (tertiary/aromatic N) is 1. The zero-order valence-electron chi connectivity index (χ0n) is 17.8. The number of carboxylic acids is 1. The lowest BCUT2D eigenvalue weighted by Crippen LogP contribution is -2.17. The number of fused-ring (bicyclic) bond motifs is 1. The Morgan fingerprint density at radius 1 is 1.00 bits per heavy atom. The molecule has 4 aromatic rings. The lowest BCUT2D eigenvalue weighted by Gasteiger charge is -2.18. The second-order valence-corrected chi connectivity index (χ2v) is 7.43. The quantitative estimate of drug-likeness (QED) is 0.311. The first-order valence-corrected chi connectivity index (χ1v) is 10.2. The van der Waals surface area contributed by atoms with Crippen molar-refractivity contribution in [1.82, 2.24) is 4.98 Å². The minimum Gasteiger partial charge on any atom is -0.478 e. The molecule has 34 heavy (non-hydrogen) atoms. The van der Waals surface area contributed by atoms with Crippen molar-refractivity contribution >= 4 is 22.6 Å². The van der Waals surface area contributed by atoms with Gasteiger partial charge in [-0.25, -0.2) is 9.78 Å². The van der Waals surface area contributed by atoms with E-state index in [0.29, 0.717) is 17.0 Å². The van der Waals surface area contributed by atoms with Crippen molar-refractivity contribution in [2.45, 2.75) is 19.3 Å². The largest absolute Gasteiger partial charge is 0.573 e. The van der Waals surface area contributed by atoms with Crippen molar-refractivity contribution in [2.24, 2.45) is 0 Å². The van der Waals surface area contributed by atoms with E-state index in [1.54, 1.807) is 36.5 Å². The van der Waals surface area contributed by atoms with Crippen molar-refractivity contribution in [3.63, 3.8) is 0 Å². The molecule has 0 radical (unpaired) electrons. The summed E-state index contributed by atoms with van der Waals surface area (Å²) in [5, 5.41) is 13.8. The van der Waals surface area contributed by atoms with Crippen molar-refractivity contribution in [1.29, 1.82) is 0 Å². The lowest BCUT2D eigenvalue weighted by molar-refractivity contribution is -0.274. The van der Waals surface area contributed by atoms with Gasteiger partial charge in [-0.15, -0.1) is 13.2 Å². The van der Waals surface area contributed by atoms with Gasteiger partial charge in [-0.1, -0.05) is 30.3 Å². The van der Waals surface area contributed by atoms with Gasteiger partial charge in [0, 0.05) is 18.3 Å². The van der Waals surface area contributed by atoms with Crippen LogP contribution in [0.4, 0.5) is 19.0 Å². The molecule has 0 amide bonds. The summed E-state index contributed by atoms with van der Waals surface area (Å²) in [6.07, 6.45) is -3.18. The van der Waals surface area contributed by atoms with Gasteiger partial charge in [0.05, 0.1) is 10.9 Å². The van der Waals surface area contributed by atoms with E-state index in [0.717, 1.165) is 17.0 Å². The van der Waals surface area contributed by atoms with Crippen LogP contribution in [0.15, 0.2) is 79.0 Å². The minimum absolute atomic E-state index is 0.168. The molecule has 174 valence electrons. The molecule has 0 unspecified atom stereocenters. The number of benzene rings is 3. The standard InChI is InChI=1S/C25H19F3N2O4/c1-15(16-8-10-18(11-9-16)24(31)32)30-23-22-17(12-13-29-23)4-2-7-21(22)33-19-5-3-6-20(14-19)34-25(26,27)28/h2-15H,1H3,(H,29,30)(H,31,32)/t15-/m0/s1. The number of alkyl halides is 3. The minimum atomic E-state index is -4.81. The highest BCUT2D eigenvalue weighted by atomic mass is 19.4. The number of hydrogen-bond acceptors (Lipinski definition) is 5. The third-order valence-electron chi connectivity index (χ3n) is 5.03. The first kappa shape index (κ1) is 22.9. The number of rotatable bonds is 7. The topological polar surface area (TPSA) is 80.7 Å². The molecule has 0 aliphatic carbocycles. The molecule has 2 N–H and O–H groups in total. The van der Waals surface area contributed by atoms with Crippen LogP contribution in [0.2, 0.25) is 0 Å². The van der Waals surface area contributed by atoms with E-state index in [1.807, 2.05) is 13.0 Å². The maximum Gasteiger partial charge on any atom is 0.573 e. The Labute approximate surface area is 192 Å². The third kappa shape index (κ3) is 5.37. The van der Waals surface area contributed by atoms with Gasteiger partial charge in [0.1, 0.15) is 23.1 Å². The Kier molecular flexibility index (Phi) is 6.27. The molecule has 1 aromatic heterocycles. The third-order valence-corrected chi connectivity index (χ3v) is 5.03. The monoisotopic (exact) mass is 468 g/mol. The molecule has 0 fully saturated rings. The van der Waals surface area contributed by atoms with Gasteiger partial charge in [-0.05, 0) is 54.3 Å². The van der Waals surface area contributed by atoms with Crippen molar-refractivity contribution in [3.8, 4) is 17.2 Å².